The van der Waals surface area contributed by atoms with E-state index in [4.69, 9.17) is 0 Å². The molecule has 0 spiro atoms. The van der Waals surface area contributed by atoms with Crippen molar-refractivity contribution in [2.45, 2.75) is 0 Å². The van der Waals surface area contributed by atoms with E-state index in [1.54, 1.807) is 41.5 Å². The van der Waals surface area contributed by atoms with Crippen LogP contribution in [0.2, 0.25) is 0 Å². The zero-order valence-electron chi connectivity index (χ0n) is 8.12. The summed E-state index contributed by atoms with van der Waals surface area (Å²) in [5.74, 6) is 0.187. The van der Waals surface area contributed by atoms with Gasteiger partial charge in [-0.25, -0.2) is 14.8 Å². The minimum atomic E-state index is -0.447. The topological polar surface area (TPSA) is 57.0 Å². The maximum atomic E-state index is 11.2. The van der Waals surface area contributed by atoms with Gasteiger partial charge in [0, 0.05) is 12.4 Å². The lowest BCUT2D eigenvalue weighted by molar-refractivity contribution is 0.0594. The molecule has 0 saturated carbocycles. The van der Waals surface area contributed by atoms with Crippen LogP contribution in [0.3, 0.4) is 0 Å². The number of esters is 1. The summed E-state index contributed by atoms with van der Waals surface area (Å²) in [6, 6.07) is 5.13. The van der Waals surface area contributed by atoms with Crippen molar-refractivity contribution in [1.29, 1.82) is 0 Å². The molecule has 0 amide bonds. The molecule has 2 heterocycles. The first kappa shape index (κ1) is 9.39. The fourth-order valence-corrected chi connectivity index (χ4v) is 1.18. The summed E-state index contributed by atoms with van der Waals surface area (Å²) >= 11 is 0. The van der Waals surface area contributed by atoms with Gasteiger partial charge >= 0.3 is 5.97 Å². The number of carbonyl (C=O) groups excluding carboxylic acids is 1. The average molecular weight is 203 g/mol. The Kier molecular flexibility index (Phi) is 2.45. The maximum absolute atomic E-state index is 11.2. The van der Waals surface area contributed by atoms with E-state index in [9.17, 15) is 4.79 Å². The zero-order valence-corrected chi connectivity index (χ0v) is 8.12. The summed E-state index contributed by atoms with van der Waals surface area (Å²) in [6.45, 7) is 0. The molecule has 0 saturated heterocycles. The van der Waals surface area contributed by atoms with Crippen molar-refractivity contribution >= 4 is 5.97 Å². The summed E-state index contributed by atoms with van der Waals surface area (Å²) < 4.78 is 6.30. The minimum absolute atomic E-state index is 0.281. The SMILES string of the molecule is COC(=O)c1cccc(-n2ccnc2)n1. The van der Waals surface area contributed by atoms with E-state index >= 15 is 0 Å². The highest BCUT2D eigenvalue weighted by molar-refractivity contribution is 5.87. The fourth-order valence-electron chi connectivity index (χ4n) is 1.18. The van der Waals surface area contributed by atoms with Crippen molar-refractivity contribution in [1.82, 2.24) is 14.5 Å². The van der Waals surface area contributed by atoms with Crippen LogP contribution in [-0.2, 0) is 4.74 Å². The molecule has 2 aromatic rings. The average Bonchev–Trinajstić information content (AvgIpc) is 2.82. The van der Waals surface area contributed by atoms with E-state index in [-0.39, 0.29) is 5.69 Å². The number of rotatable bonds is 2. The van der Waals surface area contributed by atoms with Crippen molar-refractivity contribution in [3.8, 4) is 5.82 Å². The zero-order chi connectivity index (χ0) is 10.7. The number of imidazole rings is 1. The number of hydrogen-bond acceptors (Lipinski definition) is 4. The van der Waals surface area contributed by atoms with Crippen LogP contribution in [0.1, 0.15) is 10.5 Å². The second kappa shape index (κ2) is 3.91. The second-order valence-corrected chi connectivity index (χ2v) is 2.84. The van der Waals surface area contributed by atoms with Crippen LogP contribution < -0.4 is 0 Å². The Morgan fingerprint density at radius 1 is 1.47 bits per heavy atom. The third-order valence-electron chi connectivity index (χ3n) is 1.90. The number of carbonyl (C=O) groups is 1. The molecule has 0 aliphatic heterocycles. The molecule has 0 aliphatic carbocycles. The van der Waals surface area contributed by atoms with E-state index < -0.39 is 5.97 Å². The summed E-state index contributed by atoms with van der Waals surface area (Å²) in [5, 5.41) is 0. The van der Waals surface area contributed by atoms with Crippen LogP contribution in [-0.4, -0.2) is 27.6 Å². The van der Waals surface area contributed by atoms with Gasteiger partial charge in [0.2, 0.25) is 0 Å². The standard InChI is InChI=1S/C10H9N3O2/c1-15-10(14)8-3-2-4-9(12-8)13-6-5-11-7-13/h2-7H,1H3. The number of hydrogen-bond donors (Lipinski definition) is 0. The monoisotopic (exact) mass is 203 g/mol. The second-order valence-electron chi connectivity index (χ2n) is 2.84. The van der Waals surface area contributed by atoms with E-state index in [0.717, 1.165) is 0 Å². The molecule has 2 aromatic heterocycles. The predicted molar refractivity (Wildman–Crippen MR) is 52.7 cm³/mol. The molecule has 0 aromatic carbocycles. The molecule has 5 nitrogen and oxygen atoms in total. The molecule has 2 rings (SSSR count). The maximum Gasteiger partial charge on any atom is 0.356 e. The van der Waals surface area contributed by atoms with Crippen LogP contribution in [0.25, 0.3) is 5.82 Å². The van der Waals surface area contributed by atoms with Crippen molar-refractivity contribution in [2.75, 3.05) is 7.11 Å². The van der Waals surface area contributed by atoms with Gasteiger partial charge in [-0.05, 0) is 12.1 Å². The lowest BCUT2D eigenvalue weighted by Crippen LogP contribution is -2.06. The highest BCUT2D eigenvalue weighted by Gasteiger charge is 2.07. The predicted octanol–water partition coefficient (Wildman–Crippen LogP) is 1.05. The quantitative estimate of drug-likeness (QED) is 0.684. The summed E-state index contributed by atoms with van der Waals surface area (Å²) in [5.41, 5.74) is 0.281. The molecule has 0 fully saturated rings. The van der Waals surface area contributed by atoms with Crippen molar-refractivity contribution in [3.05, 3.63) is 42.6 Å². The molecule has 0 unspecified atom stereocenters. The number of aromatic nitrogens is 3. The van der Waals surface area contributed by atoms with Gasteiger partial charge in [-0.2, -0.15) is 0 Å². The normalized spacial score (nSPS) is 9.93. The first-order valence-electron chi connectivity index (χ1n) is 4.35. The van der Waals surface area contributed by atoms with E-state index in [2.05, 4.69) is 14.7 Å². The molecule has 76 valence electrons. The van der Waals surface area contributed by atoms with E-state index in [0.29, 0.717) is 5.82 Å². The lowest BCUT2D eigenvalue weighted by atomic mass is 10.3. The van der Waals surface area contributed by atoms with Gasteiger partial charge in [-0.1, -0.05) is 6.07 Å². The summed E-state index contributed by atoms with van der Waals surface area (Å²) in [4.78, 5) is 19.3. The van der Waals surface area contributed by atoms with Gasteiger partial charge in [0.05, 0.1) is 7.11 Å². The molecule has 0 atom stereocenters. The van der Waals surface area contributed by atoms with Gasteiger partial charge in [-0.3, -0.25) is 4.57 Å². The Morgan fingerprint density at radius 3 is 3.00 bits per heavy atom. The van der Waals surface area contributed by atoms with Crippen LogP contribution >= 0.6 is 0 Å². The van der Waals surface area contributed by atoms with Gasteiger partial charge in [-0.15, -0.1) is 0 Å². The third kappa shape index (κ3) is 1.85. The Labute approximate surface area is 86.4 Å². The van der Waals surface area contributed by atoms with Crippen molar-refractivity contribution < 1.29 is 9.53 Å². The number of pyridine rings is 1. The van der Waals surface area contributed by atoms with Crippen molar-refractivity contribution in [2.24, 2.45) is 0 Å². The van der Waals surface area contributed by atoms with Gasteiger partial charge < -0.3 is 4.74 Å². The van der Waals surface area contributed by atoms with Crippen molar-refractivity contribution in [3.63, 3.8) is 0 Å². The number of ether oxygens (including phenoxy) is 1. The third-order valence-corrected chi connectivity index (χ3v) is 1.90. The Balaban J connectivity index is 2.39. The first-order chi connectivity index (χ1) is 7.31. The molecule has 0 N–H and O–H groups in total. The lowest BCUT2D eigenvalue weighted by Gasteiger charge is -2.02. The number of methoxy groups -OCH3 is 1. The minimum Gasteiger partial charge on any atom is -0.464 e. The molecule has 0 radical (unpaired) electrons. The van der Waals surface area contributed by atoms with E-state index in [1.807, 2.05) is 0 Å². The molecule has 0 bridgehead atoms. The first-order valence-corrected chi connectivity index (χ1v) is 4.35. The van der Waals surface area contributed by atoms with E-state index in [1.165, 1.54) is 7.11 Å². The Bertz CT molecular complexity index is 465. The molecule has 15 heavy (non-hydrogen) atoms. The largest absolute Gasteiger partial charge is 0.464 e. The van der Waals surface area contributed by atoms with Gasteiger partial charge in [0.25, 0.3) is 0 Å². The summed E-state index contributed by atoms with van der Waals surface area (Å²) in [6.07, 6.45) is 5.01. The molecular formula is C10H9N3O2. The highest BCUT2D eigenvalue weighted by Crippen LogP contribution is 2.05. The molecular weight excluding hydrogens is 194 g/mol. The van der Waals surface area contributed by atoms with Crippen LogP contribution in [0.4, 0.5) is 0 Å². The van der Waals surface area contributed by atoms with Gasteiger partial charge in [0.1, 0.15) is 12.1 Å². The molecule has 0 aliphatic rings. The van der Waals surface area contributed by atoms with Gasteiger partial charge in [0.15, 0.2) is 5.69 Å². The smallest absolute Gasteiger partial charge is 0.356 e. The summed E-state index contributed by atoms with van der Waals surface area (Å²) in [7, 11) is 1.33. The Morgan fingerprint density at radius 2 is 2.33 bits per heavy atom. The Hall–Kier alpha value is -2.17. The fraction of sp³-hybridized carbons (Fsp3) is 0.100. The molecule has 5 heteroatoms. The van der Waals surface area contributed by atoms with Crippen LogP contribution in [0.15, 0.2) is 36.9 Å². The van der Waals surface area contributed by atoms with Crippen LogP contribution in [0.5, 0.6) is 0 Å². The number of nitrogens with zero attached hydrogens (tertiary/aromatic N) is 3. The highest BCUT2D eigenvalue weighted by atomic mass is 16.5. The van der Waals surface area contributed by atoms with Crippen LogP contribution in [0, 0.1) is 0 Å².